The zero-order valence-electron chi connectivity index (χ0n) is 11.2. The smallest absolute Gasteiger partial charge is 0.138 e. The lowest BCUT2D eigenvalue weighted by atomic mass is 10.1. The average Bonchev–Trinajstić information content (AvgIpc) is 2.43. The number of ether oxygens (including phenoxy) is 2. The largest absolute Gasteiger partial charge is 0.497 e. The summed E-state index contributed by atoms with van der Waals surface area (Å²) in [6, 6.07) is 9.57. The Labute approximate surface area is 109 Å². The van der Waals surface area contributed by atoms with Gasteiger partial charge in [0.25, 0.3) is 0 Å². The van der Waals surface area contributed by atoms with Gasteiger partial charge in [-0.2, -0.15) is 5.26 Å². The maximum absolute atomic E-state index is 9.16. The molecule has 98 valence electrons. The van der Waals surface area contributed by atoms with Gasteiger partial charge in [0.15, 0.2) is 0 Å². The SMILES string of the molecule is CCCNC(C)(C#N)COc1ccc(OC)cc1. The molecular formula is C14H20N2O2. The molecule has 0 radical (unpaired) electrons. The van der Waals surface area contributed by atoms with Crippen molar-refractivity contribution in [3.05, 3.63) is 24.3 Å². The summed E-state index contributed by atoms with van der Waals surface area (Å²) in [7, 11) is 1.62. The van der Waals surface area contributed by atoms with Gasteiger partial charge in [0.2, 0.25) is 0 Å². The minimum atomic E-state index is -0.657. The number of hydrogen-bond donors (Lipinski definition) is 1. The van der Waals surface area contributed by atoms with E-state index in [1.165, 1.54) is 0 Å². The van der Waals surface area contributed by atoms with Crippen molar-refractivity contribution >= 4 is 0 Å². The highest BCUT2D eigenvalue weighted by atomic mass is 16.5. The van der Waals surface area contributed by atoms with Crippen molar-refractivity contribution in [2.75, 3.05) is 20.3 Å². The topological polar surface area (TPSA) is 54.3 Å². The highest BCUT2D eigenvalue weighted by Gasteiger charge is 2.23. The summed E-state index contributed by atoms with van der Waals surface area (Å²) in [5.74, 6) is 1.52. The van der Waals surface area contributed by atoms with Crippen LogP contribution in [0, 0.1) is 11.3 Å². The van der Waals surface area contributed by atoms with E-state index in [-0.39, 0.29) is 0 Å². The Balaban J connectivity index is 2.54. The van der Waals surface area contributed by atoms with Crippen molar-refractivity contribution in [2.45, 2.75) is 25.8 Å². The van der Waals surface area contributed by atoms with Gasteiger partial charge < -0.3 is 9.47 Å². The molecule has 0 aliphatic heterocycles. The fourth-order valence-electron chi connectivity index (χ4n) is 1.42. The van der Waals surface area contributed by atoms with Crippen molar-refractivity contribution in [3.63, 3.8) is 0 Å². The van der Waals surface area contributed by atoms with E-state index in [1.807, 2.05) is 31.2 Å². The molecule has 0 saturated heterocycles. The highest BCUT2D eigenvalue weighted by Crippen LogP contribution is 2.18. The summed E-state index contributed by atoms with van der Waals surface area (Å²) >= 11 is 0. The lowest BCUT2D eigenvalue weighted by Gasteiger charge is -2.23. The van der Waals surface area contributed by atoms with Crippen LogP contribution in [0.25, 0.3) is 0 Å². The number of nitrogens with one attached hydrogen (secondary N) is 1. The number of hydrogen-bond acceptors (Lipinski definition) is 4. The zero-order chi connectivity index (χ0) is 13.4. The summed E-state index contributed by atoms with van der Waals surface area (Å²) in [4.78, 5) is 0. The van der Waals surface area contributed by atoms with E-state index in [0.29, 0.717) is 6.61 Å². The molecule has 18 heavy (non-hydrogen) atoms. The maximum atomic E-state index is 9.16. The number of benzene rings is 1. The van der Waals surface area contributed by atoms with Crippen LogP contribution >= 0.6 is 0 Å². The molecule has 4 heteroatoms. The van der Waals surface area contributed by atoms with Crippen molar-refractivity contribution in [1.82, 2.24) is 5.32 Å². The van der Waals surface area contributed by atoms with Gasteiger partial charge in [-0.25, -0.2) is 0 Å². The third kappa shape index (κ3) is 4.27. The van der Waals surface area contributed by atoms with E-state index in [9.17, 15) is 0 Å². The minimum Gasteiger partial charge on any atom is -0.497 e. The van der Waals surface area contributed by atoms with Crippen LogP contribution < -0.4 is 14.8 Å². The molecule has 1 aromatic rings. The maximum Gasteiger partial charge on any atom is 0.138 e. The van der Waals surface area contributed by atoms with Crippen LogP contribution in [0.3, 0.4) is 0 Å². The van der Waals surface area contributed by atoms with E-state index in [1.54, 1.807) is 7.11 Å². The zero-order valence-corrected chi connectivity index (χ0v) is 11.2. The second-order valence-electron chi connectivity index (χ2n) is 4.33. The van der Waals surface area contributed by atoms with Crippen molar-refractivity contribution in [3.8, 4) is 17.6 Å². The summed E-state index contributed by atoms with van der Waals surface area (Å²) < 4.78 is 10.7. The van der Waals surface area contributed by atoms with Gasteiger partial charge in [-0.05, 0) is 44.2 Å². The molecule has 0 saturated carbocycles. The molecule has 0 spiro atoms. The lowest BCUT2D eigenvalue weighted by molar-refractivity contribution is 0.234. The Hall–Kier alpha value is -1.73. The van der Waals surface area contributed by atoms with Gasteiger partial charge in [-0.1, -0.05) is 6.92 Å². The normalized spacial score (nSPS) is 13.4. The molecule has 1 atom stereocenters. The van der Waals surface area contributed by atoms with Gasteiger partial charge in [0.1, 0.15) is 23.6 Å². The Bertz CT molecular complexity index is 397. The fraction of sp³-hybridized carbons (Fsp3) is 0.500. The van der Waals surface area contributed by atoms with Gasteiger partial charge in [0, 0.05) is 0 Å². The molecule has 0 aliphatic carbocycles. The molecule has 1 rings (SSSR count). The quantitative estimate of drug-likeness (QED) is 0.804. The predicted octanol–water partition coefficient (Wildman–Crippen LogP) is 2.36. The van der Waals surface area contributed by atoms with Gasteiger partial charge in [-0.15, -0.1) is 0 Å². The third-order valence-electron chi connectivity index (χ3n) is 2.60. The Morgan fingerprint density at radius 1 is 1.28 bits per heavy atom. The van der Waals surface area contributed by atoms with Crippen LogP contribution in [0.1, 0.15) is 20.3 Å². The van der Waals surface area contributed by atoms with Gasteiger partial charge in [-0.3, -0.25) is 5.32 Å². The Kier molecular flexibility index (Phi) is 5.47. The van der Waals surface area contributed by atoms with Crippen LogP contribution in [0.4, 0.5) is 0 Å². The van der Waals surface area contributed by atoms with E-state index < -0.39 is 5.54 Å². The molecule has 1 aromatic carbocycles. The van der Waals surface area contributed by atoms with Crippen molar-refractivity contribution in [2.24, 2.45) is 0 Å². The molecule has 0 heterocycles. The van der Waals surface area contributed by atoms with Crippen LogP contribution in [0.15, 0.2) is 24.3 Å². The highest BCUT2D eigenvalue weighted by molar-refractivity contribution is 5.31. The summed E-state index contributed by atoms with van der Waals surface area (Å²) in [6.45, 7) is 5.02. The van der Waals surface area contributed by atoms with Gasteiger partial charge in [0.05, 0.1) is 13.2 Å². The van der Waals surface area contributed by atoms with Crippen LogP contribution in [0.5, 0.6) is 11.5 Å². The van der Waals surface area contributed by atoms with E-state index in [2.05, 4.69) is 18.3 Å². The standard InChI is InChI=1S/C14H20N2O2/c1-4-9-16-14(2,10-15)11-18-13-7-5-12(17-3)6-8-13/h5-8,16H,4,9,11H2,1-3H3. The first kappa shape index (κ1) is 14.3. The molecular weight excluding hydrogens is 228 g/mol. The van der Waals surface area contributed by atoms with Crippen LogP contribution in [0.2, 0.25) is 0 Å². The fourth-order valence-corrected chi connectivity index (χ4v) is 1.42. The van der Waals surface area contributed by atoms with Crippen LogP contribution in [-0.2, 0) is 0 Å². The van der Waals surface area contributed by atoms with Crippen molar-refractivity contribution < 1.29 is 9.47 Å². The Morgan fingerprint density at radius 2 is 1.89 bits per heavy atom. The predicted molar refractivity (Wildman–Crippen MR) is 70.8 cm³/mol. The first-order valence-corrected chi connectivity index (χ1v) is 6.06. The minimum absolute atomic E-state index is 0.315. The van der Waals surface area contributed by atoms with Gasteiger partial charge >= 0.3 is 0 Å². The second-order valence-corrected chi connectivity index (χ2v) is 4.33. The lowest BCUT2D eigenvalue weighted by Crippen LogP contribution is -2.46. The monoisotopic (exact) mass is 248 g/mol. The molecule has 1 unspecified atom stereocenters. The first-order valence-electron chi connectivity index (χ1n) is 6.06. The number of rotatable bonds is 7. The first-order chi connectivity index (χ1) is 8.63. The summed E-state index contributed by atoms with van der Waals surface area (Å²) in [6.07, 6.45) is 0.986. The molecule has 1 N–H and O–H groups in total. The number of methoxy groups -OCH3 is 1. The molecule has 0 fully saturated rings. The van der Waals surface area contributed by atoms with E-state index >= 15 is 0 Å². The Morgan fingerprint density at radius 3 is 2.39 bits per heavy atom. The van der Waals surface area contributed by atoms with Crippen molar-refractivity contribution in [1.29, 1.82) is 5.26 Å². The molecule has 4 nitrogen and oxygen atoms in total. The number of nitriles is 1. The summed E-state index contributed by atoms with van der Waals surface area (Å²) in [5, 5.41) is 12.3. The third-order valence-corrected chi connectivity index (χ3v) is 2.60. The van der Waals surface area contributed by atoms with E-state index in [4.69, 9.17) is 14.7 Å². The molecule has 0 aromatic heterocycles. The second kappa shape index (κ2) is 6.87. The number of nitrogens with zero attached hydrogens (tertiary/aromatic N) is 1. The summed E-state index contributed by atoms with van der Waals surface area (Å²) in [5.41, 5.74) is -0.657. The molecule has 0 aliphatic rings. The average molecular weight is 248 g/mol. The molecule has 0 amide bonds. The molecule has 0 bridgehead atoms. The van der Waals surface area contributed by atoms with Crippen LogP contribution in [-0.4, -0.2) is 25.8 Å². The van der Waals surface area contributed by atoms with E-state index in [0.717, 1.165) is 24.5 Å².